The number of amides is 2. The fourth-order valence-corrected chi connectivity index (χ4v) is 6.11. The molecule has 3 rings (SSSR count). The van der Waals surface area contributed by atoms with Gasteiger partial charge in [-0.2, -0.15) is 0 Å². The largest absolute Gasteiger partial charge is 0.495 e. The van der Waals surface area contributed by atoms with Crippen LogP contribution in [0.15, 0.2) is 65.6 Å². The highest BCUT2D eigenvalue weighted by Gasteiger charge is 2.33. The van der Waals surface area contributed by atoms with Gasteiger partial charge in [0.2, 0.25) is 11.8 Å². The average Bonchev–Trinajstić information content (AvgIpc) is 2.91. The molecular formula is C28H30Cl3N3O5S. The van der Waals surface area contributed by atoms with Gasteiger partial charge in [0.25, 0.3) is 10.0 Å². The average molecular weight is 627 g/mol. The van der Waals surface area contributed by atoms with Gasteiger partial charge in [-0.15, -0.1) is 0 Å². The molecule has 8 nitrogen and oxygen atoms in total. The first-order chi connectivity index (χ1) is 18.9. The summed E-state index contributed by atoms with van der Waals surface area (Å²) in [5.74, 6) is -0.735. The zero-order chi connectivity index (χ0) is 29.6. The molecule has 0 spiro atoms. The number of nitrogens with one attached hydrogen (secondary N) is 1. The summed E-state index contributed by atoms with van der Waals surface area (Å²) in [6, 6.07) is 14.6. The van der Waals surface area contributed by atoms with E-state index in [-0.39, 0.29) is 22.2 Å². The minimum atomic E-state index is -4.25. The Kier molecular flexibility index (Phi) is 10.7. The molecule has 3 aromatic rings. The van der Waals surface area contributed by atoms with Gasteiger partial charge < -0.3 is 15.0 Å². The van der Waals surface area contributed by atoms with Crippen LogP contribution in [0, 0.1) is 6.92 Å². The van der Waals surface area contributed by atoms with Crippen molar-refractivity contribution < 1.29 is 22.7 Å². The van der Waals surface area contributed by atoms with Gasteiger partial charge in [0.05, 0.1) is 22.7 Å². The molecule has 0 aliphatic heterocycles. The molecule has 0 unspecified atom stereocenters. The first kappa shape index (κ1) is 31.5. The third-order valence-corrected chi connectivity index (χ3v) is 9.01. The lowest BCUT2D eigenvalue weighted by molar-refractivity contribution is -0.139. The predicted octanol–water partition coefficient (Wildman–Crippen LogP) is 5.71. The monoisotopic (exact) mass is 625 g/mol. The Morgan fingerprint density at radius 2 is 1.60 bits per heavy atom. The van der Waals surface area contributed by atoms with Crippen LogP contribution < -0.4 is 14.4 Å². The number of ether oxygens (including phenoxy) is 1. The van der Waals surface area contributed by atoms with Gasteiger partial charge in [-0.3, -0.25) is 13.9 Å². The first-order valence-corrected chi connectivity index (χ1v) is 14.9. The van der Waals surface area contributed by atoms with Crippen LogP contribution in [0.3, 0.4) is 0 Å². The Balaban J connectivity index is 2.10. The van der Waals surface area contributed by atoms with E-state index in [1.165, 1.54) is 42.3 Å². The molecule has 2 amide bonds. The molecule has 12 heteroatoms. The molecule has 0 saturated carbocycles. The number of methoxy groups -OCH3 is 1. The van der Waals surface area contributed by atoms with E-state index in [9.17, 15) is 18.0 Å². The van der Waals surface area contributed by atoms with Crippen LogP contribution in [-0.2, 0) is 26.2 Å². The van der Waals surface area contributed by atoms with Gasteiger partial charge in [0.15, 0.2) is 0 Å². The summed E-state index contributed by atoms with van der Waals surface area (Å²) >= 11 is 19.1. The van der Waals surface area contributed by atoms with Crippen molar-refractivity contribution in [1.29, 1.82) is 0 Å². The van der Waals surface area contributed by atoms with Crippen molar-refractivity contribution in [2.45, 2.75) is 38.3 Å². The second-order valence-corrected chi connectivity index (χ2v) is 12.0. The Hall–Kier alpha value is -2.98. The Labute approximate surface area is 249 Å². The van der Waals surface area contributed by atoms with E-state index >= 15 is 0 Å². The van der Waals surface area contributed by atoms with Gasteiger partial charge in [-0.1, -0.05) is 58.6 Å². The third kappa shape index (κ3) is 7.20. The van der Waals surface area contributed by atoms with Crippen molar-refractivity contribution >= 4 is 62.3 Å². The van der Waals surface area contributed by atoms with Gasteiger partial charge >= 0.3 is 0 Å². The number of benzene rings is 3. The van der Waals surface area contributed by atoms with E-state index in [0.29, 0.717) is 27.9 Å². The fraction of sp³-hybridized carbons (Fsp3) is 0.286. The summed E-state index contributed by atoms with van der Waals surface area (Å²) in [6.45, 7) is 4.72. The van der Waals surface area contributed by atoms with E-state index < -0.39 is 34.4 Å². The maximum absolute atomic E-state index is 13.9. The molecule has 0 aromatic heterocycles. The number of nitrogens with zero attached hydrogens (tertiary/aromatic N) is 2. The molecule has 1 N–H and O–H groups in total. The zero-order valence-corrected chi connectivity index (χ0v) is 25.5. The third-order valence-electron chi connectivity index (χ3n) is 6.22. The van der Waals surface area contributed by atoms with Crippen LogP contribution in [0.5, 0.6) is 5.75 Å². The molecule has 0 aliphatic carbocycles. The molecule has 214 valence electrons. The second kappa shape index (κ2) is 13.6. The number of rotatable bonds is 11. The molecule has 40 heavy (non-hydrogen) atoms. The van der Waals surface area contributed by atoms with Crippen molar-refractivity contribution in [1.82, 2.24) is 10.2 Å². The predicted molar refractivity (Wildman–Crippen MR) is 159 cm³/mol. The highest BCUT2D eigenvalue weighted by atomic mass is 35.5. The van der Waals surface area contributed by atoms with E-state index in [2.05, 4.69) is 5.32 Å². The number of aryl methyl sites for hydroxylation is 1. The van der Waals surface area contributed by atoms with E-state index in [4.69, 9.17) is 39.5 Å². The van der Waals surface area contributed by atoms with Crippen molar-refractivity contribution in [2.75, 3.05) is 24.5 Å². The Morgan fingerprint density at radius 1 is 0.975 bits per heavy atom. The van der Waals surface area contributed by atoms with Crippen molar-refractivity contribution in [3.8, 4) is 5.75 Å². The molecular weight excluding hydrogens is 597 g/mol. The van der Waals surface area contributed by atoms with Gasteiger partial charge in [-0.05, 0) is 63.2 Å². The number of hydrogen-bond donors (Lipinski definition) is 1. The minimum absolute atomic E-state index is 0.0182. The smallest absolute Gasteiger partial charge is 0.264 e. The Morgan fingerprint density at radius 3 is 2.15 bits per heavy atom. The van der Waals surface area contributed by atoms with Crippen molar-refractivity contribution in [3.63, 3.8) is 0 Å². The van der Waals surface area contributed by atoms with Crippen LogP contribution in [0.1, 0.15) is 25.0 Å². The summed E-state index contributed by atoms with van der Waals surface area (Å²) in [4.78, 5) is 28.0. The van der Waals surface area contributed by atoms with Crippen LogP contribution in [-0.4, -0.2) is 51.4 Å². The summed E-state index contributed by atoms with van der Waals surface area (Å²) in [6.07, 6.45) is 0. The molecule has 0 bridgehead atoms. The van der Waals surface area contributed by atoms with Crippen LogP contribution in [0.2, 0.25) is 15.1 Å². The van der Waals surface area contributed by atoms with Crippen LogP contribution in [0.4, 0.5) is 5.69 Å². The molecule has 0 aliphatic rings. The lowest BCUT2D eigenvalue weighted by Crippen LogP contribution is -2.51. The SMILES string of the molecule is CCNC(=O)[C@@H](C)N(Cc1c(Cl)cccc1Cl)C(=O)CN(c1ccc(OC)c(Cl)c1)S(=O)(=O)c1ccc(C)cc1. The molecule has 0 heterocycles. The molecule has 1 atom stereocenters. The summed E-state index contributed by atoms with van der Waals surface area (Å²) in [5.41, 5.74) is 1.43. The van der Waals surface area contributed by atoms with Gasteiger partial charge in [0.1, 0.15) is 18.3 Å². The zero-order valence-electron chi connectivity index (χ0n) is 22.4. The number of carbonyl (C=O) groups excluding carboxylic acids is 2. The number of sulfonamides is 1. The van der Waals surface area contributed by atoms with Crippen LogP contribution in [0.25, 0.3) is 0 Å². The minimum Gasteiger partial charge on any atom is -0.495 e. The lowest BCUT2D eigenvalue weighted by atomic mass is 10.1. The standard InChI is InChI=1S/C28H30Cl3N3O5S/c1-5-32-28(36)19(3)33(16-22-23(29)7-6-8-24(22)30)27(35)17-34(20-11-14-26(39-4)25(31)15-20)40(37,38)21-12-9-18(2)10-13-21/h6-15,19H,5,16-17H2,1-4H3,(H,32,36)/t19-/m1/s1. The topological polar surface area (TPSA) is 96.0 Å². The number of likely N-dealkylation sites (N-methyl/N-ethyl adjacent to an activating group) is 1. The molecule has 0 fully saturated rings. The Bertz CT molecular complexity index is 1460. The van der Waals surface area contributed by atoms with Gasteiger partial charge in [0, 0.05) is 28.7 Å². The fourth-order valence-electron chi connectivity index (χ4n) is 3.93. The summed E-state index contributed by atoms with van der Waals surface area (Å²) in [7, 11) is -2.81. The van der Waals surface area contributed by atoms with Crippen molar-refractivity contribution in [3.05, 3.63) is 86.9 Å². The molecule has 0 saturated heterocycles. The lowest BCUT2D eigenvalue weighted by Gasteiger charge is -2.32. The summed E-state index contributed by atoms with van der Waals surface area (Å²) < 4.78 is 34.0. The number of hydrogen-bond acceptors (Lipinski definition) is 5. The number of anilines is 1. The maximum atomic E-state index is 13.9. The van der Waals surface area contributed by atoms with Crippen molar-refractivity contribution in [2.24, 2.45) is 0 Å². The van der Waals surface area contributed by atoms with Gasteiger partial charge in [-0.25, -0.2) is 8.42 Å². The number of halogens is 3. The maximum Gasteiger partial charge on any atom is 0.264 e. The molecule has 0 radical (unpaired) electrons. The highest BCUT2D eigenvalue weighted by Crippen LogP contribution is 2.33. The number of carbonyl (C=O) groups is 2. The highest BCUT2D eigenvalue weighted by molar-refractivity contribution is 7.92. The molecule has 3 aromatic carbocycles. The van der Waals surface area contributed by atoms with E-state index in [1.54, 1.807) is 44.2 Å². The summed E-state index contributed by atoms with van der Waals surface area (Å²) in [5, 5.41) is 3.47. The van der Waals surface area contributed by atoms with E-state index in [1.807, 2.05) is 6.92 Å². The quantitative estimate of drug-likeness (QED) is 0.294. The van der Waals surface area contributed by atoms with Crippen LogP contribution >= 0.6 is 34.8 Å². The first-order valence-electron chi connectivity index (χ1n) is 12.3. The van der Waals surface area contributed by atoms with E-state index in [0.717, 1.165) is 9.87 Å². The normalized spacial score (nSPS) is 12.0. The second-order valence-electron chi connectivity index (χ2n) is 8.94.